The number of hydrogen-bond donors (Lipinski definition) is 2. The van der Waals surface area contributed by atoms with Crippen LogP contribution in [0.5, 0.6) is 0 Å². The molecular weight excluding hydrogens is 538 g/mol. The molecule has 41 heavy (non-hydrogen) atoms. The summed E-state index contributed by atoms with van der Waals surface area (Å²) in [6, 6.07) is 10.9. The number of rotatable bonds is 6. The van der Waals surface area contributed by atoms with Gasteiger partial charge in [0.05, 0.1) is 33.8 Å². The third kappa shape index (κ3) is 4.77. The Morgan fingerprint density at radius 2 is 1.93 bits per heavy atom. The highest BCUT2D eigenvalue weighted by Crippen LogP contribution is 2.52. The Morgan fingerprint density at radius 1 is 1.12 bits per heavy atom. The molecule has 1 atom stereocenters. The van der Waals surface area contributed by atoms with E-state index in [1.807, 2.05) is 12.1 Å². The summed E-state index contributed by atoms with van der Waals surface area (Å²) in [6.07, 6.45) is 0.166. The van der Waals surface area contributed by atoms with E-state index in [4.69, 9.17) is 5.73 Å². The van der Waals surface area contributed by atoms with E-state index in [1.165, 1.54) is 0 Å². The molecule has 2 aliphatic carbocycles. The maximum atomic E-state index is 15.1. The third-order valence-corrected chi connectivity index (χ3v) is 8.30. The molecule has 1 amide bonds. The molecular formula is C30H27F4N5O2. The summed E-state index contributed by atoms with van der Waals surface area (Å²) in [5, 5.41) is 7.44. The van der Waals surface area contributed by atoms with Gasteiger partial charge in [-0.1, -0.05) is 18.2 Å². The van der Waals surface area contributed by atoms with Crippen LogP contribution in [0.15, 0.2) is 59.5 Å². The fourth-order valence-corrected chi connectivity index (χ4v) is 5.95. The molecule has 2 aromatic carbocycles. The smallest absolute Gasteiger partial charge is 0.329 e. The van der Waals surface area contributed by atoms with Crippen molar-refractivity contribution in [2.75, 3.05) is 0 Å². The molecule has 7 nitrogen and oxygen atoms in total. The standard InChI is InChI=1S/C30H27F4N5O2/c31-23-14-20(30(32,33)34)7-6-18(23)16-39(25-5-1-3-17-4-2-12-36-26(17)25)28(41)29(10-11-29)19-8-9-21-22(13-19)24(15-35)37-38-27(21)40/h2,4,6-9,12-14,25H,1,3,5,10-11,15-16,35H2,(H,38,40). The summed E-state index contributed by atoms with van der Waals surface area (Å²) in [7, 11) is 0. The van der Waals surface area contributed by atoms with Crippen LogP contribution in [0, 0.1) is 5.82 Å². The first-order valence-electron chi connectivity index (χ1n) is 13.4. The van der Waals surface area contributed by atoms with Crippen molar-refractivity contribution >= 4 is 16.7 Å². The molecule has 4 aromatic rings. The van der Waals surface area contributed by atoms with Gasteiger partial charge in [-0.25, -0.2) is 9.49 Å². The highest BCUT2D eigenvalue weighted by molar-refractivity contribution is 5.94. The average molecular weight is 566 g/mol. The van der Waals surface area contributed by atoms with Crippen molar-refractivity contribution in [2.24, 2.45) is 5.73 Å². The Kier molecular flexibility index (Phi) is 6.64. The van der Waals surface area contributed by atoms with E-state index in [-0.39, 0.29) is 30.1 Å². The van der Waals surface area contributed by atoms with Crippen molar-refractivity contribution in [3.63, 3.8) is 0 Å². The Hall–Kier alpha value is -4.12. The Balaban J connectivity index is 1.43. The third-order valence-electron chi connectivity index (χ3n) is 8.30. The number of nitrogens with one attached hydrogen (secondary N) is 1. The number of nitrogens with two attached hydrogens (primary N) is 1. The molecule has 0 saturated heterocycles. The quantitative estimate of drug-likeness (QED) is 0.318. The summed E-state index contributed by atoms with van der Waals surface area (Å²) >= 11 is 0. The summed E-state index contributed by atoms with van der Waals surface area (Å²) in [5.74, 6) is -1.28. The van der Waals surface area contributed by atoms with Crippen molar-refractivity contribution in [3.8, 4) is 0 Å². The highest BCUT2D eigenvalue weighted by Gasteiger charge is 2.54. The van der Waals surface area contributed by atoms with Gasteiger partial charge in [0.25, 0.3) is 5.56 Å². The molecule has 0 aliphatic heterocycles. The number of carbonyl (C=O) groups is 1. The molecule has 2 aromatic heterocycles. The van der Waals surface area contributed by atoms with E-state index in [2.05, 4.69) is 15.2 Å². The number of pyridine rings is 1. The van der Waals surface area contributed by atoms with Crippen molar-refractivity contribution < 1.29 is 22.4 Å². The normalized spacial score (nSPS) is 17.7. The molecule has 0 radical (unpaired) electrons. The minimum Gasteiger partial charge on any atom is -0.329 e. The van der Waals surface area contributed by atoms with Gasteiger partial charge in [0.2, 0.25) is 5.91 Å². The van der Waals surface area contributed by atoms with Crippen molar-refractivity contribution in [1.29, 1.82) is 0 Å². The van der Waals surface area contributed by atoms with Gasteiger partial charge in [0, 0.05) is 30.2 Å². The topological polar surface area (TPSA) is 105 Å². The van der Waals surface area contributed by atoms with Gasteiger partial charge in [0.1, 0.15) is 5.82 Å². The fourth-order valence-electron chi connectivity index (χ4n) is 5.95. The zero-order chi connectivity index (χ0) is 28.9. The van der Waals surface area contributed by atoms with Gasteiger partial charge in [-0.2, -0.15) is 18.3 Å². The SMILES string of the molecule is NCc1n[nH]c(=O)c2ccc(C3(C(=O)N(Cc4ccc(C(F)(F)F)cc4F)C4CCCc5cccnc54)CC3)cc12. The molecule has 0 spiro atoms. The minimum absolute atomic E-state index is 0.00938. The number of carbonyl (C=O) groups excluding carboxylic acids is 1. The molecule has 2 heterocycles. The Labute approximate surface area is 232 Å². The minimum atomic E-state index is -4.69. The maximum Gasteiger partial charge on any atom is 0.416 e. The lowest BCUT2D eigenvalue weighted by molar-refractivity contribution is -0.139. The second-order valence-corrected chi connectivity index (χ2v) is 10.7. The summed E-state index contributed by atoms with van der Waals surface area (Å²) in [5.41, 5.74) is 6.33. The zero-order valence-corrected chi connectivity index (χ0v) is 22.0. The first kappa shape index (κ1) is 27.1. The largest absolute Gasteiger partial charge is 0.416 e. The van der Waals surface area contributed by atoms with Gasteiger partial charge in [-0.05, 0) is 73.6 Å². The molecule has 1 saturated carbocycles. The molecule has 1 fully saturated rings. The maximum absolute atomic E-state index is 15.1. The van der Waals surface area contributed by atoms with E-state index in [0.29, 0.717) is 47.4 Å². The summed E-state index contributed by atoms with van der Waals surface area (Å²) < 4.78 is 54.7. The molecule has 6 rings (SSSR count). The number of halogens is 4. The first-order valence-corrected chi connectivity index (χ1v) is 13.4. The molecule has 11 heteroatoms. The lowest BCUT2D eigenvalue weighted by atomic mass is 9.87. The van der Waals surface area contributed by atoms with Gasteiger partial charge in [-0.15, -0.1) is 0 Å². The summed E-state index contributed by atoms with van der Waals surface area (Å²) in [4.78, 5) is 33.0. The van der Waals surface area contributed by atoms with Crippen LogP contribution in [0.1, 0.15) is 65.4 Å². The van der Waals surface area contributed by atoms with Gasteiger partial charge < -0.3 is 10.6 Å². The van der Waals surface area contributed by atoms with E-state index in [0.717, 1.165) is 36.2 Å². The lowest BCUT2D eigenvalue weighted by Crippen LogP contribution is -2.43. The molecule has 1 unspecified atom stereocenters. The molecule has 212 valence electrons. The van der Waals surface area contributed by atoms with Crippen molar-refractivity contribution in [3.05, 3.63) is 105 Å². The Bertz CT molecular complexity index is 1710. The van der Waals surface area contributed by atoms with Crippen LogP contribution >= 0.6 is 0 Å². The number of aryl methyl sites for hydroxylation is 1. The van der Waals surface area contributed by atoms with Gasteiger partial charge in [0.15, 0.2) is 0 Å². The van der Waals surface area contributed by atoms with Crippen molar-refractivity contribution in [2.45, 2.75) is 62.8 Å². The van der Waals surface area contributed by atoms with Crippen LogP contribution in [-0.2, 0) is 35.9 Å². The van der Waals surface area contributed by atoms with Crippen LogP contribution in [0.3, 0.4) is 0 Å². The lowest BCUT2D eigenvalue weighted by Gasteiger charge is -2.37. The second kappa shape index (κ2) is 10.1. The average Bonchev–Trinajstić information content (AvgIpc) is 3.78. The summed E-state index contributed by atoms with van der Waals surface area (Å²) in [6.45, 7) is -0.129. The second-order valence-electron chi connectivity index (χ2n) is 10.7. The van der Waals surface area contributed by atoms with Crippen LogP contribution in [-0.4, -0.2) is 26.0 Å². The molecule has 2 aliphatic rings. The van der Waals surface area contributed by atoms with Crippen LogP contribution in [0.4, 0.5) is 17.6 Å². The van der Waals surface area contributed by atoms with Crippen LogP contribution in [0.2, 0.25) is 0 Å². The number of H-pyrrole nitrogens is 1. The Morgan fingerprint density at radius 3 is 2.63 bits per heavy atom. The number of benzene rings is 2. The van der Waals surface area contributed by atoms with E-state index < -0.39 is 29.0 Å². The first-order chi connectivity index (χ1) is 19.6. The fraction of sp³-hybridized carbons (Fsp3) is 0.333. The van der Waals surface area contributed by atoms with Crippen LogP contribution < -0.4 is 11.3 Å². The highest BCUT2D eigenvalue weighted by atomic mass is 19.4. The zero-order valence-electron chi connectivity index (χ0n) is 22.0. The number of alkyl halides is 3. The van der Waals surface area contributed by atoms with Crippen LogP contribution in [0.25, 0.3) is 10.8 Å². The number of fused-ring (bicyclic) bond motifs is 2. The number of hydrogen-bond acceptors (Lipinski definition) is 5. The van der Waals surface area contributed by atoms with Gasteiger partial charge in [-0.3, -0.25) is 14.6 Å². The van der Waals surface area contributed by atoms with Gasteiger partial charge >= 0.3 is 6.18 Å². The number of aromatic nitrogens is 3. The van der Waals surface area contributed by atoms with E-state index in [9.17, 15) is 22.8 Å². The molecule has 0 bridgehead atoms. The molecule has 3 N–H and O–H groups in total. The van der Waals surface area contributed by atoms with E-state index in [1.54, 1.807) is 29.3 Å². The number of amides is 1. The predicted octanol–water partition coefficient (Wildman–Crippen LogP) is 5.07. The number of nitrogens with zero attached hydrogens (tertiary/aromatic N) is 3. The predicted molar refractivity (Wildman–Crippen MR) is 143 cm³/mol. The monoisotopic (exact) mass is 565 g/mol. The van der Waals surface area contributed by atoms with E-state index >= 15 is 4.39 Å². The number of aromatic amines is 1. The van der Waals surface area contributed by atoms with Crippen molar-refractivity contribution in [1.82, 2.24) is 20.1 Å².